The summed E-state index contributed by atoms with van der Waals surface area (Å²) >= 11 is 1.36. The van der Waals surface area contributed by atoms with E-state index in [0.717, 1.165) is 11.1 Å². The number of carbonyl (C=O) groups excluding carboxylic acids is 1. The normalized spacial score (nSPS) is 13.1. The molecule has 0 bridgehead atoms. The first-order valence-electron chi connectivity index (χ1n) is 12.6. The molecule has 11 nitrogen and oxygen atoms in total. The summed E-state index contributed by atoms with van der Waals surface area (Å²) < 4.78 is 32.1. The Kier molecular flexibility index (Phi) is 7.97. The van der Waals surface area contributed by atoms with Gasteiger partial charge in [-0.1, -0.05) is 0 Å². The second kappa shape index (κ2) is 11.5. The van der Waals surface area contributed by atoms with Gasteiger partial charge in [-0.3, -0.25) is 5.32 Å². The van der Waals surface area contributed by atoms with Crippen LogP contribution in [-0.4, -0.2) is 71.1 Å². The molecule has 0 aliphatic heterocycles. The van der Waals surface area contributed by atoms with Crippen molar-refractivity contribution in [3.8, 4) is 22.2 Å². The summed E-state index contributed by atoms with van der Waals surface area (Å²) in [5, 5.41) is 10.4. The number of nitrogens with zero attached hydrogens (tertiary/aromatic N) is 5. The van der Waals surface area contributed by atoms with E-state index in [2.05, 4.69) is 30.2 Å². The molecule has 2 atom stereocenters. The van der Waals surface area contributed by atoms with Gasteiger partial charge in [0.15, 0.2) is 11.6 Å². The number of nitrogens with one attached hydrogen (secondary N) is 1. The van der Waals surface area contributed by atoms with Gasteiger partial charge in [0.2, 0.25) is 5.88 Å². The molecular weight excluding hydrogens is 561 g/mol. The van der Waals surface area contributed by atoms with Gasteiger partial charge < -0.3 is 19.3 Å². The largest absolute Gasteiger partial charge is 0.484 e. The zero-order chi connectivity index (χ0) is 30.2. The quantitative estimate of drug-likeness (QED) is 0.257. The highest BCUT2D eigenvalue weighted by Gasteiger charge is 2.23. The molecule has 0 saturated heterocycles. The van der Waals surface area contributed by atoms with Crippen LogP contribution in [0.5, 0.6) is 11.6 Å². The summed E-state index contributed by atoms with van der Waals surface area (Å²) in [6, 6.07) is 6.73. The van der Waals surface area contributed by atoms with Crippen molar-refractivity contribution in [2.24, 2.45) is 0 Å². The summed E-state index contributed by atoms with van der Waals surface area (Å²) in [6.45, 7) is 5.19. The third kappa shape index (κ3) is 6.26. The van der Waals surface area contributed by atoms with E-state index in [9.17, 15) is 9.90 Å². The fourth-order valence-electron chi connectivity index (χ4n) is 3.95. The maximum Gasteiger partial charge on any atom is 0.412 e. The number of aromatic nitrogens is 5. The second-order valence-corrected chi connectivity index (χ2v) is 10.6. The monoisotopic (exact) mass is 584 g/mol. The van der Waals surface area contributed by atoms with Crippen LogP contribution in [0, 0.1) is 12.7 Å². The van der Waals surface area contributed by atoms with E-state index in [-0.39, 0.29) is 17.3 Å². The molecule has 210 valence electrons. The Bertz CT molecular complexity index is 1780. The van der Waals surface area contributed by atoms with Gasteiger partial charge in [-0.2, -0.15) is 0 Å². The van der Waals surface area contributed by atoms with E-state index in [1.807, 2.05) is 19.1 Å². The molecule has 0 aliphatic carbocycles. The van der Waals surface area contributed by atoms with E-state index in [1.54, 1.807) is 19.9 Å². The van der Waals surface area contributed by atoms with Crippen molar-refractivity contribution in [2.45, 2.75) is 38.4 Å². The van der Waals surface area contributed by atoms with Crippen LogP contribution >= 0.6 is 11.3 Å². The summed E-state index contributed by atoms with van der Waals surface area (Å²) in [4.78, 5) is 33.6. The molecule has 5 rings (SSSR count). The first kappa shape index (κ1) is 29.1. The Morgan fingerprint density at radius 1 is 1.05 bits per heavy atom. The Morgan fingerprint density at radius 2 is 1.79 bits per heavy atom. The Hall–Kier alpha value is -4.36. The molecule has 3 heterocycles. The van der Waals surface area contributed by atoms with Gasteiger partial charge in [0.1, 0.15) is 38.7 Å². The summed E-state index contributed by atoms with van der Waals surface area (Å²) in [5.41, 5.74) is 3.68. The van der Waals surface area contributed by atoms with Crippen LogP contribution in [0.3, 0.4) is 0 Å². The first-order valence-corrected chi connectivity index (χ1v) is 13.4. The molecule has 15 heteroatoms. The minimum atomic E-state index is -2.21. The van der Waals surface area contributed by atoms with Crippen molar-refractivity contribution in [2.75, 3.05) is 12.4 Å². The fraction of sp³-hybridized carbons (Fsp3) is 0.259. The number of methoxy groups -OCH3 is 1. The number of thiazole rings is 1. The van der Waals surface area contributed by atoms with Gasteiger partial charge in [-0.05, 0) is 38.5 Å². The van der Waals surface area contributed by atoms with Gasteiger partial charge in [0.25, 0.3) is 0 Å². The average molecular weight is 584 g/mol. The highest BCUT2D eigenvalue weighted by Crippen LogP contribution is 2.37. The standard InChI is InChI=1S/C27H23B2FN6O5S/c1-12-5-16(23-19(6-12)35-22(39-4)11-31-23)24-36-18-7-17(30)20(8-21(18)42-24)40-13(2)14(3)41-26(37)34-15-9-32-25(33-10-15)27(28,29)38/h5-11,13-14,38H,1-4H3,(H,34,37)/t13-,14+/m0/s1. The van der Waals surface area contributed by atoms with Crippen LogP contribution in [0.1, 0.15) is 25.2 Å². The number of halogens is 1. The number of fused-ring (bicyclic) bond motifs is 2. The number of hydrogen-bond acceptors (Lipinski definition) is 11. The molecule has 0 spiro atoms. The van der Waals surface area contributed by atoms with Gasteiger partial charge in [-0.25, -0.2) is 34.1 Å². The van der Waals surface area contributed by atoms with Crippen molar-refractivity contribution in [3.05, 3.63) is 60.1 Å². The summed E-state index contributed by atoms with van der Waals surface area (Å²) in [5.74, 6) is -0.457. The maximum atomic E-state index is 15.1. The van der Waals surface area contributed by atoms with Crippen LogP contribution in [0.2, 0.25) is 0 Å². The van der Waals surface area contributed by atoms with Crippen molar-refractivity contribution >= 4 is 60.1 Å². The topological polar surface area (TPSA) is 141 Å². The zero-order valence-corrected chi connectivity index (χ0v) is 23.8. The van der Waals surface area contributed by atoms with Gasteiger partial charge >= 0.3 is 6.09 Å². The molecule has 0 fully saturated rings. The number of hydrogen-bond donors (Lipinski definition) is 2. The Morgan fingerprint density at radius 3 is 2.48 bits per heavy atom. The third-order valence-electron chi connectivity index (χ3n) is 6.17. The molecule has 0 saturated carbocycles. The van der Waals surface area contributed by atoms with Gasteiger partial charge in [0.05, 0.1) is 52.6 Å². The molecule has 2 aromatic carbocycles. The molecule has 0 aliphatic rings. The molecule has 5 aromatic rings. The number of aliphatic hydroxyl groups is 1. The number of rotatable bonds is 8. The maximum absolute atomic E-state index is 15.1. The van der Waals surface area contributed by atoms with E-state index >= 15 is 4.39 Å². The van der Waals surface area contributed by atoms with Crippen LogP contribution in [-0.2, 0) is 10.1 Å². The minimum Gasteiger partial charge on any atom is -0.484 e. The molecule has 1 amide bonds. The first-order chi connectivity index (χ1) is 19.9. The predicted octanol–water partition coefficient (Wildman–Crippen LogP) is 4.00. The molecule has 0 unspecified atom stereocenters. The van der Waals surface area contributed by atoms with E-state index < -0.39 is 29.5 Å². The Balaban J connectivity index is 1.30. The highest BCUT2D eigenvalue weighted by molar-refractivity contribution is 7.21. The number of amides is 1. The van der Waals surface area contributed by atoms with Crippen molar-refractivity contribution < 1.29 is 28.5 Å². The van der Waals surface area contributed by atoms with Crippen molar-refractivity contribution in [1.82, 2.24) is 24.9 Å². The smallest absolute Gasteiger partial charge is 0.412 e. The lowest BCUT2D eigenvalue weighted by molar-refractivity contribution is 0.0402. The fourth-order valence-corrected chi connectivity index (χ4v) is 4.94. The van der Waals surface area contributed by atoms with Crippen LogP contribution in [0.15, 0.2) is 42.9 Å². The number of benzene rings is 2. The molecular formula is C27H23B2FN6O5S. The molecule has 4 radical (unpaired) electrons. The number of carbonyl (C=O) groups is 1. The zero-order valence-electron chi connectivity index (χ0n) is 23.0. The lowest BCUT2D eigenvalue weighted by atomic mass is 9.65. The van der Waals surface area contributed by atoms with Crippen LogP contribution < -0.4 is 14.8 Å². The third-order valence-corrected chi connectivity index (χ3v) is 7.23. The average Bonchev–Trinajstić information content (AvgIpc) is 3.34. The van der Waals surface area contributed by atoms with Crippen LogP contribution in [0.25, 0.3) is 31.8 Å². The van der Waals surface area contributed by atoms with Crippen molar-refractivity contribution in [1.29, 1.82) is 0 Å². The van der Waals surface area contributed by atoms with E-state index in [1.165, 1.54) is 43.1 Å². The predicted molar refractivity (Wildman–Crippen MR) is 156 cm³/mol. The minimum absolute atomic E-state index is 0.0141. The molecule has 42 heavy (non-hydrogen) atoms. The molecule has 2 N–H and O–H groups in total. The lowest BCUT2D eigenvalue weighted by Crippen LogP contribution is -2.33. The second-order valence-electron chi connectivity index (χ2n) is 9.54. The number of ether oxygens (including phenoxy) is 3. The van der Waals surface area contributed by atoms with E-state index in [4.69, 9.17) is 29.9 Å². The Labute approximate surface area is 246 Å². The number of anilines is 1. The van der Waals surface area contributed by atoms with Gasteiger partial charge in [-0.15, -0.1) is 11.3 Å². The summed E-state index contributed by atoms with van der Waals surface area (Å²) in [6.07, 6.45) is 1.64. The van der Waals surface area contributed by atoms with Crippen molar-refractivity contribution in [3.63, 3.8) is 0 Å². The van der Waals surface area contributed by atoms with Gasteiger partial charge in [0, 0.05) is 23.1 Å². The SMILES string of the molecule is [B]C([B])(O)c1ncc(NC(=O)O[C@H](C)[C@H](C)Oc2cc3sc(-c4cc(C)cc5nc(OC)cnc45)nc3cc2F)cn1. The summed E-state index contributed by atoms with van der Waals surface area (Å²) in [7, 11) is 12.2. The highest BCUT2D eigenvalue weighted by atomic mass is 32.1. The molecule has 3 aromatic heterocycles. The van der Waals surface area contributed by atoms with Crippen LogP contribution in [0.4, 0.5) is 14.9 Å². The lowest BCUT2D eigenvalue weighted by Gasteiger charge is -2.22. The van der Waals surface area contributed by atoms with E-state index in [0.29, 0.717) is 32.1 Å². The number of aryl methyl sites for hydroxylation is 1.